The van der Waals surface area contributed by atoms with Gasteiger partial charge < -0.3 is 10.1 Å². The lowest BCUT2D eigenvalue weighted by Crippen LogP contribution is -2.03. The molecule has 4 nitrogen and oxygen atoms in total. The molecule has 0 amide bonds. The topological polar surface area (TPSA) is 49.9 Å². The Balaban J connectivity index is 1.85. The summed E-state index contributed by atoms with van der Waals surface area (Å²) < 4.78 is 5.67. The van der Waals surface area contributed by atoms with Gasteiger partial charge in [-0.25, -0.2) is 0 Å². The van der Waals surface area contributed by atoms with Gasteiger partial charge in [0.15, 0.2) is 0 Å². The summed E-state index contributed by atoms with van der Waals surface area (Å²) in [6, 6.07) is 3.89. The van der Waals surface area contributed by atoms with E-state index < -0.39 is 0 Å². The lowest BCUT2D eigenvalue weighted by Gasteiger charge is -2.11. The average molecular weight is 278 g/mol. The predicted molar refractivity (Wildman–Crippen MR) is 76.0 cm³/mol. The van der Waals surface area contributed by atoms with Crippen LogP contribution >= 0.6 is 11.6 Å². The van der Waals surface area contributed by atoms with Gasteiger partial charge in [-0.05, 0) is 26.0 Å². The maximum Gasteiger partial charge on any atom is 0.145 e. The Hall–Kier alpha value is -1.68. The molecule has 19 heavy (non-hydrogen) atoms. The summed E-state index contributed by atoms with van der Waals surface area (Å²) in [5, 5.41) is 11.3. The number of aromatic nitrogens is 2. The zero-order chi connectivity index (χ0) is 13.4. The number of anilines is 1. The minimum absolute atomic E-state index is 0.713. The lowest BCUT2D eigenvalue weighted by molar-refractivity contribution is 0.358. The van der Waals surface area contributed by atoms with Crippen LogP contribution in [0.1, 0.15) is 22.5 Å². The van der Waals surface area contributed by atoms with Gasteiger partial charge in [0.25, 0.3) is 0 Å². The molecule has 0 spiro atoms. The molecule has 0 bridgehead atoms. The van der Waals surface area contributed by atoms with Gasteiger partial charge in [-0.2, -0.15) is 5.10 Å². The van der Waals surface area contributed by atoms with E-state index in [0.717, 1.165) is 40.9 Å². The molecule has 0 saturated heterocycles. The minimum atomic E-state index is 0.713. The van der Waals surface area contributed by atoms with E-state index in [1.807, 2.05) is 26.0 Å². The van der Waals surface area contributed by atoms with E-state index in [2.05, 4.69) is 15.5 Å². The fraction of sp³-hybridized carbons (Fsp3) is 0.357. The fourth-order valence-electron chi connectivity index (χ4n) is 2.42. The second-order valence-electron chi connectivity index (χ2n) is 4.81. The molecule has 100 valence electrons. The van der Waals surface area contributed by atoms with Gasteiger partial charge in [-0.3, -0.25) is 5.10 Å². The number of benzene rings is 1. The molecule has 0 fully saturated rings. The third-order valence-corrected chi connectivity index (χ3v) is 3.70. The van der Waals surface area contributed by atoms with Crippen molar-refractivity contribution in [2.24, 2.45) is 0 Å². The first-order valence-corrected chi connectivity index (χ1v) is 6.72. The van der Waals surface area contributed by atoms with E-state index in [-0.39, 0.29) is 0 Å². The van der Waals surface area contributed by atoms with E-state index >= 15 is 0 Å². The van der Waals surface area contributed by atoms with E-state index in [1.54, 1.807) is 0 Å². The number of aromatic amines is 1. The van der Waals surface area contributed by atoms with Crippen LogP contribution in [0.3, 0.4) is 0 Å². The van der Waals surface area contributed by atoms with Crippen molar-refractivity contribution in [1.29, 1.82) is 0 Å². The average Bonchev–Trinajstić information content (AvgIpc) is 2.95. The van der Waals surface area contributed by atoms with Crippen molar-refractivity contribution in [2.75, 3.05) is 11.9 Å². The maximum atomic E-state index is 6.14. The number of rotatable bonds is 3. The van der Waals surface area contributed by atoms with E-state index in [0.29, 0.717) is 6.54 Å². The first-order valence-electron chi connectivity index (χ1n) is 6.34. The van der Waals surface area contributed by atoms with Crippen LogP contribution in [0.2, 0.25) is 5.02 Å². The number of hydrogen-bond donors (Lipinski definition) is 2. The van der Waals surface area contributed by atoms with Gasteiger partial charge in [0.05, 0.1) is 18.0 Å². The number of nitrogens with one attached hydrogen (secondary N) is 2. The predicted octanol–water partition coefficient (Wildman–Crippen LogP) is 3.23. The highest BCUT2D eigenvalue weighted by atomic mass is 35.5. The molecule has 0 unspecified atom stereocenters. The Morgan fingerprint density at radius 3 is 3.00 bits per heavy atom. The summed E-state index contributed by atoms with van der Waals surface area (Å²) in [5.41, 5.74) is 5.43. The number of aryl methyl sites for hydroxylation is 2. The highest BCUT2D eigenvalue weighted by Gasteiger charge is 2.18. The van der Waals surface area contributed by atoms with Crippen molar-refractivity contribution in [3.8, 4) is 5.75 Å². The van der Waals surface area contributed by atoms with Crippen LogP contribution in [0.5, 0.6) is 5.75 Å². The molecule has 5 heteroatoms. The van der Waals surface area contributed by atoms with Crippen LogP contribution in [-0.2, 0) is 13.0 Å². The van der Waals surface area contributed by atoms with Crippen LogP contribution in [-0.4, -0.2) is 16.8 Å². The van der Waals surface area contributed by atoms with Crippen LogP contribution in [0.4, 0.5) is 5.69 Å². The molecule has 3 rings (SSSR count). The summed E-state index contributed by atoms with van der Waals surface area (Å²) in [7, 11) is 0. The Morgan fingerprint density at radius 1 is 1.42 bits per heavy atom. The second kappa shape index (κ2) is 4.78. The Labute approximate surface area is 117 Å². The lowest BCUT2D eigenvalue weighted by atomic mass is 10.1. The van der Waals surface area contributed by atoms with Crippen molar-refractivity contribution in [1.82, 2.24) is 10.2 Å². The van der Waals surface area contributed by atoms with Gasteiger partial charge in [0.1, 0.15) is 5.75 Å². The van der Waals surface area contributed by atoms with Gasteiger partial charge in [0.2, 0.25) is 0 Å². The smallest absolute Gasteiger partial charge is 0.145 e. The zero-order valence-electron chi connectivity index (χ0n) is 11.0. The number of halogens is 1. The van der Waals surface area contributed by atoms with Gasteiger partial charge in [-0.1, -0.05) is 11.6 Å². The molecular weight excluding hydrogens is 262 g/mol. The summed E-state index contributed by atoms with van der Waals surface area (Å²) in [6.45, 7) is 5.47. The highest BCUT2D eigenvalue weighted by molar-refractivity contribution is 6.31. The van der Waals surface area contributed by atoms with Crippen molar-refractivity contribution in [3.05, 3.63) is 39.7 Å². The fourth-order valence-corrected chi connectivity index (χ4v) is 2.66. The molecular formula is C14H16ClN3O. The number of hydrogen-bond acceptors (Lipinski definition) is 3. The molecule has 0 radical (unpaired) electrons. The Bertz CT molecular complexity index is 602. The summed E-state index contributed by atoms with van der Waals surface area (Å²) in [6.07, 6.45) is 0.925. The molecule has 2 N–H and O–H groups in total. The van der Waals surface area contributed by atoms with Crippen molar-refractivity contribution < 1.29 is 4.74 Å². The monoisotopic (exact) mass is 277 g/mol. The van der Waals surface area contributed by atoms with Crippen LogP contribution < -0.4 is 10.1 Å². The van der Waals surface area contributed by atoms with Gasteiger partial charge >= 0.3 is 0 Å². The molecule has 0 aliphatic carbocycles. The second-order valence-corrected chi connectivity index (χ2v) is 5.24. The molecule has 0 saturated carbocycles. The van der Waals surface area contributed by atoms with Crippen molar-refractivity contribution in [3.63, 3.8) is 0 Å². The van der Waals surface area contributed by atoms with Gasteiger partial charge in [0, 0.05) is 34.8 Å². The molecule has 1 aromatic carbocycles. The standard InChI is InChI=1S/C14H16ClN3O/c1-8-12(9(2)18-17-8)7-16-13-6-11(15)5-10-3-4-19-14(10)13/h5-6,16H,3-4,7H2,1-2H3,(H,17,18). The molecule has 2 heterocycles. The molecule has 1 aliphatic heterocycles. The van der Waals surface area contributed by atoms with Crippen LogP contribution in [0.25, 0.3) is 0 Å². The largest absolute Gasteiger partial charge is 0.491 e. The normalized spacial score (nSPS) is 13.2. The minimum Gasteiger partial charge on any atom is -0.491 e. The Morgan fingerprint density at radius 2 is 2.26 bits per heavy atom. The first kappa shape index (κ1) is 12.4. The van der Waals surface area contributed by atoms with E-state index in [4.69, 9.17) is 16.3 Å². The van der Waals surface area contributed by atoms with Crippen molar-refractivity contribution in [2.45, 2.75) is 26.8 Å². The Kier molecular flexibility index (Phi) is 3.11. The number of nitrogens with zero attached hydrogens (tertiary/aromatic N) is 1. The number of H-pyrrole nitrogens is 1. The summed E-state index contributed by atoms with van der Waals surface area (Å²) in [5.74, 6) is 0.934. The maximum absolute atomic E-state index is 6.14. The SMILES string of the molecule is Cc1n[nH]c(C)c1CNc1cc(Cl)cc2c1OCC2. The summed E-state index contributed by atoms with van der Waals surface area (Å²) >= 11 is 6.14. The third-order valence-electron chi connectivity index (χ3n) is 3.48. The first-order chi connectivity index (χ1) is 9.15. The zero-order valence-corrected chi connectivity index (χ0v) is 11.8. The molecule has 1 aromatic heterocycles. The molecule has 1 aliphatic rings. The number of fused-ring (bicyclic) bond motifs is 1. The third kappa shape index (κ3) is 2.28. The van der Waals surface area contributed by atoms with Gasteiger partial charge in [-0.15, -0.1) is 0 Å². The van der Waals surface area contributed by atoms with Crippen LogP contribution in [0, 0.1) is 13.8 Å². The van der Waals surface area contributed by atoms with Crippen LogP contribution in [0.15, 0.2) is 12.1 Å². The quantitative estimate of drug-likeness (QED) is 0.906. The number of ether oxygens (including phenoxy) is 1. The summed E-state index contributed by atoms with van der Waals surface area (Å²) in [4.78, 5) is 0. The molecule has 2 aromatic rings. The van der Waals surface area contributed by atoms with E-state index in [9.17, 15) is 0 Å². The highest BCUT2D eigenvalue weighted by Crippen LogP contribution is 2.36. The van der Waals surface area contributed by atoms with E-state index in [1.165, 1.54) is 11.1 Å². The van der Waals surface area contributed by atoms with Crippen molar-refractivity contribution >= 4 is 17.3 Å². The molecule has 0 atom stereocenters.